The molecule has 0 amide bonds. The van der Waals surface area contributed by atoms with Gasteiger partial charge in [0.15, 0.2) is 0 Å². The summed E-state index contributed by atoms with van der Waals surface area (Å²) in [6.45, 7) is 8.53. The first-order valence-electron chi connectivity index (χ1n) is 5.84. The number of nitrogens with one attached hydrogen (secondary N) is 1. The van der Waals surface area contributed by atoms with Crippen molar-refractivity contribution in [2.24, 2.45) is 5.92 Å². The van der Waals surface area contributed by atoms with Crippen LogP contribution in [0, 0.1) is 5.92 Å². The number of aliphatic hydroxyl groups excluding tert-OH is 1. The Hall–Kier alpha value is -0.830. The predicted octanol–water partition coefficient (Wildman–Crippen LogP) is 3.17. The SMILES string of the molecule is C=CCNC(C(C)C)C(O)c1ccc(Cl)cc1. The van der Waals surface area contributed by atoms with Gasteiger partial charge < -0.3 is 10.4 Å². The second-order valence-corrected chi connectivity index (χ2v) is 4.90. The molecule has 2 nitrogen and oxygen atoms in total. The Morgan fingerprint density at radius 1 is 1.35 bits per heavy atom. The summed E-state index contributed by atoms with van der Waals surface area (Å²) in [5, 5.41) is 14.3. The van der Waals surface area contributed by atoms with Crippen molar-refractivity contribution < 1.29 is 5.11 Å². The molecule has 0 radical (unpaired) electrons. The maximum atomic E-state index is 10.3. The zero-order valence-electron chi connectivity index (χ0n) is 10.4. The largest absolute Gasteiger partial charge is 0.387 e. The Labute approximate surface area is 108 Å². The molecule has 0 aliphatic carbocycles. The van der Waals surface area contributed by atoms with Crippen molar-refractivity contribution in [1.82, 2.24) is 5.32 Å². The monoisotopic (exact) mass is 253 g/mol. The Morgan fingerprint density at radius 3 is 2.41 bits per heavy atom. The van der Waals surface area contributed by atoms with E-state index in [9.17, 15) is 5.11 Å². The standard InChI is InChI=1S/C14H20ClNO/c1-4-9-16-13(10(2)3)14(17)11-5-7-12(15)8-6-11/h4-8,10,13-14,16-17H,1,9H2,2-3H3. The lowest BCUT2D eigenvalue weighted by Gasteiger charge is -2.27. The van der Waals surface area contributed by atoms with Crippen LogP contribution in [0.4, 0.5) is 0 Å². The molecule has 17 heavy (non-hydrogen) atoms. The van der Waals surface area contributed by atoms with E-state index in [0.29, 0.717) is 17.5 Å². The van der Waals surface area contributed by atoms with Crippen LogP contribution in [0.5, 0.6) is 0 Å². The fourth-order valence-corrected chi connectivity index (χ4v) is 1.92. The third kappa shape index (κ3) is 4.15. The minimum atomic E-state index is -0.535. The lowest BCUT2D eigenvalue weighted by atomic mass is 9.93. The highest BCUT2D eigenvalue weighted by molar-refractivity contribution is 6.30. The van der Waals surface area contributed by atoms with Crippen LogP contribution < -0.4 is 5.32 Å². The zero-order valence-corrected chi connectivity index (χ0v) is 11.1. The first-order chi connectivity index (χ1) is 8.06. The zero-order chi connectivity index (χ0) is 12.8. The van der Waals surface area contributed by atoms with Crippen LogP contribution in [0.3, 0.4) is 0 Å². The number of aliphatic hydroxyl groups is 1. The third-order valence-corrected chi connectivity index (χ3v) is 3.02. The van der Waals surface area contributed by atoms with E-state index < -0.39 is 6.10 Å². The molecule has 1 aromatic rings. The molecule has 2 atom stereocenters. The number of rotatable bonds is 6. The van der Waals surface area contributed by atoms with Crippen molar-refractivity contribution in [3.05, 3.63) is 47.5 Å². The molecule has 0 saturated heterocycles. The van der Waals surface area contributed by atoms with Crippen molar-refractivity contribution in [2.75, 3.05) is 6.54 Å². The second kappa shape index (κ2) is 6.80. The van der Waals surface area contributed by atoms with E-state index in [1.54, 1.807) is 18.2 Å². The molecule has 0 bridgehead atoms. The van der Waals surface area contributed by atoms with Crippen LogP contribution >= 0.6 is 11.6 Å². The maximum absolute atomic E-state index is 10.3. The first kappa shape index (κ1) is 14.2. The van der Waals surface area contributed by atoms with Crippen LogP contribution in [-0.2, 0) is 0 Å². The summed E-state index contributed by atoms with van der Waals surface area (Å²) in [5.41, 5.74) is 0.879. The van der Waals surface area contributed by atoms with Crippen molar-refractivity contribution >= 4 is 11.6 Å². The Bertz CT molecular complexity index is 348. The molecule has 0 aliphatic rings. The van der Waals surface area contributed by atoms with E-state index in [1.165, 1.54) is 0 Å². The van der Waals surface area contributed by atoms with Gasteiger partial charge in [-0.15, -0.1) is 6.58 Å². The summed E-state index contributed by atoms with van der Waals surface area (Å²) in [5.74, 6) is 0.334. The van der Waals surface area contributed by atoms with E-state index in [4.69, 9.17) is 11.6 Å². The molecule has 0 aliphatic heterocycles. The number of benzene rings is 1. The van der Waals surface area contributed by atoms with Gasteiger partial charge in [0.2, 0.25) is 0 Å². The molecule has 1 rings (SSSR count). The molecule has 0 spiro atoms. The molecule has 2 unspecified atom stereocenters. The number of hydrogen-bond acceptors (Lipinski definition) is 2. The lowest BCUT2D eigenvalue weighted by molar-refractivity contribution is 0.107. The molecule has 1 aromatic carbocycles. The highest BCUT2D eigenvalue weighted by atomic mass is 35.5. The van der Waals surface area contributed by atoms with E-state index >= 15 is 0 Å². The fourth-order valence-electron chi connectivity index (χ4n) is 1.80. The highest BCUT2D eigenvalue weighted by Crippen LogP contribution is 2.23. The van der Waals surface area contributed by atoms with Crippen molar-refractivity contribution in [1.29, 1.82) is 0 Å². The summed E-state index contributed by atoms with van der Waals surface area (Å²) < 4.78 is 0. The minimum absolute atomic E-state index is 0.00850. The summed E-state index contributed by atoms with van der Waals surface area (Å²) in [6, 6.07) is 7.32. The van der Waals surface area contributed by atoms with Crippen molar-refractivity contribution in [2.45, 2.75) is 26.0 Å². The van der Waals surface area contributed by atoms with Crippen molar-refractivity contribution in [3.8, 4) is 0 Å². The van der Waals surface area contributed by atoms with Gasteiger partial charge in [-0.25, -0.2) is 0 Å². The normalized spacial score (nSPS) is 14.6. The minimum Gasteiger partial charge on any atom is -0.387 e. The predicted molar refractivity (Wildman–Crippen MR) is 73.2 cm³/mol. The molecule has 3 heteroatoms. The van der Waals surface area contributed by atoms with Gasteiger partial charge in [0.1, 0.15) is 0 Å². The topological polar surface area (TPSA) is 32.3 Å². The van der Waals surface area contributed by atoms with Gasteiger partial charge in [-0.05, 0) is 23.6 Å². The first-order valence-corrected chi connectivity index (χ1v) is 6.22. The molecular formula is C14H20ClNO. The average Bonchev–Trinajstić information content (AvgIpc) is 2.29. The van der Waals surface area contributed by atoms with Crippen LogP contribution in [-0.4, -0.2) is 17.7 Å². The Morgan fingerprint density at radius 2 is 1.94 bits per heavy atom. The van der Waals surface area contributed by atoms with Crippen LogP contribution in [0.25, 0.3) is 0 Å². The summed E-state index contributed by atoms with van der Waals surface area (Å²) >= 11 is 5.83. The van der Waals surface area contributed by atoms with E-state index in [1.807, 2.05) is 12.1 Å². The van der Waals surface area contributed by atoms with Gasteiger partial charge in [0.25, 0.3) is 0 Å². The second-order valence-electron chi connectivity index (χ2n) is 4.46. The molecular weight excluding hydrogens is 234 g/mol. The van der Waals surface area contributed by atoms with E-state index in [-0.39, 0.29) is 6.04 Å². The van der Waals surface area contributed by atoms with Gasteiger partial charge in [-0.2, -0.15) is 0 Å². The Kier molecular flexibility index (Phi) is 5.69. The fraction of sp³-hybridized carbons (Fsp3) is 0.429. The highest BCUT2D eigenvalue weighted by Gasteiger charge is 2.22. The van der Waals surface area contributed by atoms with Gasteiger partial charge >= 0.3 is 0 Å². The smallest absolute Gasteiger partial charge is 0.0945 e. The summed E-state index contributed by atoms with van der Waals surface area (Å²) in [4.78, 5) is 0. The van der Waals surface area contributed by atoms with Gasteiger partial charge in [-0.3, -0.25) is 0 Å². The maximum Gasteiger partial charge on any atom is 0.0945 e. The van der Waals surface area contributed by atoms with E-state index in [2.05, 4.69) is 25.7 Å². The van der Waals surface area contributed by atoms with Gasteiger partial charge in [0, 0.05) is 17.6 Å². The number of hydrogen-bond donors (Lipinski definition) is 2. The summed E-state index contributed by atoms with van der Waals surface area (Å²) in [6.07, 6.45) is 1.26. The quantitative estimate of drug-likeness (QED) is 0.764. The molecule has 94 valence electrons. The van der Waals surface area contributed by atoms with E-state index in [0.717, 1.165) is 5.56 Å². The van der Waals surface area contributed by atoms with Crippen LogP contribution in [0.1, 0.15) is 25.5 Å². The molecule has 0 aromatic heterocycles. The Balaban J connectivity index is 2.79. The van der Waals surface area contributed by atoms with Crippen molar-refractivity contribution in [3.63, 3.8) is 0 Å². The van der Waals surface area contributed by atoms with Crippen LogP contribution in [0.15, 0.2) is 36.9 Å². The lowest BCUT2D eigenvalue weighted by Crippen LogP contribution is -2.39. The molecule has 0 saturated carbocycles. The number of halogens is 1. The molecule has 0 fully saturated rings. The third-order valence-electron chi connectivity index (χ3n) is 2.77. The molecule has 2 N–H and O–H groups in total. The van der Waals surface area contributed by atoms with Crippen LogP contribution in [0.2, 0.25) is 5.02 Å². The van der Waals surface area contributed by atoms with Gasteiger partial charge in [0.05, 0.1) is 6.10 Å². The average molecular weight is 254 g/mol. The summed E-state index contributed by atoms with van der Waals surface area (Å²) in [7, 11) is 0. The molecule has 0 heterocycles. The van der Waals surface area contributed by atoms with Gasteiger partial charge in [-0.1, -0.05) is 43.7 Å².